The van der Waals surface area contributed by atoms with E-state index in [-0.39, 0.29) is 55.4 Å². The first kappa shape index (κ1) is 31.3. The van der Waals surface area contributed by atoms with Gasteiger partial charge in [-0.05, 0) is 69.0 Å². The Labute approximate surface area is 251 Å². The molecule has 3 unspecified atom stereocenters. The van der Waals surface area contributed by atoms with Crippen molar-refractivity contribution in [1.29, 1.82) is 0 Å². The standard InChI is InChI=1S/C33H38FNO6S/c1-6-39-31(37)33(3,4)41-25-13-12-22(29(34)18-25)17-23-19-35(32(38)40-24-10-8-7-9-11-24)20-28(23)30(36)27-15-14-26(42-5)16-21(27)2/h7-16,18,21,23,27-28H,6,17,19-20H2,1-5H3/t21?,23-,27?,28?/m0/s1. The van der Waals surface area contributed by atoms with Gasteiger partial charge in [-0.15, -0.1) is 11.8 Å². The van der Waals surface area contributed by atoms with Crippen molar-refractivity contribution in [3.63, 3.8) is 0 Å². The van der Waals surface area contributed by atoms with Gasteiger partial charge in [0.2, 0.25) is 0 Å². The molecule has 0 aromatic heterocycles. The predicted octanol–water partition coefficient (Wildman–Crippen LogP) is 6.47. The molecule has 1 aliphatic carbocycles. The molecular formula is C33H38FNO6S. The van der Waals surface area contributed by atoms with Gasteiger partial charge in [0.15, 0.2) is 5.60 Å². The molecule has 1 fully saturated rings. The highest BCUT2D eigenvalue weighted by Crippen LogP contribution is 2.36. The van der Waals surface area contributed by atoms with Crippen LogP contribution >= 0.6 is 11.8 Å². The summed E-state index contributed by atoms with van der Waals surface area (Å²) in [7, 11) is 0. The summed E-state index contributed by atoms with van der Waals surface area (Å²) in [6.07, 6.45) is 7.71. The number of carbonyl (C=O) groups is 3. The molecule has 4 atom stereocenters. The number of carbonyl (C=O) groups excluding carboxylic acids is 3. The van der Waals surface area contributed by atoms with Crippen LogP contribution in [0.25, 0.3) is 0 Å². The Kier molecular flexibility index (Phi) is 10.1. The summed E-state index contributed by atoms with van der Waals surface area (Å²) in [6.45, 7) is 7.51. The van der Waals surface area contributed by atoms with E-state index in [0.717, 1.165) is 4.91 Å². The molecule has 7 nitrogen and oxygen atoms in total. The van der Waals surface area contributed by atoms with E-state index in [2.05, 4.69) is 6.08 Å². The number of ether oxygens (including phenoxy) is 3. The molecule has 0 spiro atoms. The summed E-state index contributed by atoms with van der Waals surface area (Å²) in [5, 5.41) is 0. The number of esters is 1. The third-order valence-corrected chi connectivity index (χ3v) is 8.43. The predicted molar refractivity (Wildman–Crippen MR) is 161 cm³/mol. The third-order valence-electron chi connectivity index (χ3n) is 7.69. The fraction of sp³-hybridized carbons (Fsp3) is 0.424. The maximum Gasteiger partial charge on any atom is 0.415 e. The van der Waals surface area contributed by atoms with Crippen molar-refractivity contribution in [2.45, 2.75) is 39.7 Å². The smallest absolute Gasteiger partial charge is 0.415 e. The maximum atomic E-state index is 15.4. The fourth-order valence-electron chi connectivity index (χ4n) is 5.41. The summed E-state index contributed by atoms with van der Waals surface area (Å²) in [5.41, 5.74) is -0.893. The lowest BCUT2D eigenvalue weighted by Crippen LogP contribution is -2.39. The molecule has 9 heteroatoms. The molecule has 1 heterocycles. The van der Waals surface area contributed by atoms with Gasteiger partial charge < -0.3 is 19.1 Å². The number of thioether (sulfide) groups is 1. The number of Topliss-reactive ketones (excluding diaryl/α,β-unsaturated/α-hetero) is 1. The van der Waals surface area contributed by atoms with Gasteiger partial charge >= 0.3 is 12.1 Å². The van der Waals surface area contributed by atoms with E-state index >= 15 is 4.39 Å². The van der Waals surface area contributed by atoms with E-state index in [1.165, 1.54) is 11.0 Å². The van der Waals surface area contributed by atoms with E-state index in [9.17, 15) is 14.4 Å². The largest absolute Gasteiger partial charge is 0.476 e. The zero-order valence-corrected chi connectivity index (χ0v) is 25.5. The second kappa shape index (κ2) is 13.6. The number of amides is 1. The van der Waals surface area contributed by atoms with E-state index in [0.29, 0.717) is 11.3 Å². The van der Waals surface area contributed by atoms with Crippen LogP contribution in [0.4, 0.5) is 9.18 Å². The average molecular weight is 596 g/mol. The zero-order valence-electron chi connectivity index (χ0n) is 24.7. The summed E-state index contributed by atoms with van der Waals surface area (Å²) < 4.78 is 31.7. The van der Waals surface area contributed by atoms with Gasteiger partial charge in [-0.2, -0.15) is 0 Å². The number of ketones is 1. The molecule has 4 rings (SSSR count). The number of likely N-dealkylation sites (tertiary alicyclic amines) is 1. The average Bonchev–Trinajstić information content (AvgIpc) is 3.38. The highest BCUT2D eigenvalue weighted by Gasteiger charge is 2.43. The molecule has 42 heavy (non-hydrogen) atoms. The number of rotatable bonds is 10. The molecule has 1 aliphatic heterocycles. The van der Waals surface area contributed by atoms with Gasteiger partial charge in [0, 0.05) is 35.9 Å². The van der Waals surface area contributed by atoms with Crippen molar-refractivity contribution in [3.05, 3.63) is 83.0 Å². The number of hydrogen-bond acceptors (Lipinski definition) is 7. The summed E-state index contributed by atoms with van der Waals surface area (Å²) >= 11 is 1.63. The van der Waals surface area contributed by atoms with Crippen LogP contribution < -0.4 is 9.47 Å². The van der Waals surface area contributed by atoms with Crippen LogP contribution in [0.3, 0.4) is 0 Å². The lowest BCUT2D eigenvalue weighted by Gasteiger charge is -2.27. The molecule has 0 bridgehead atoms. The van der Waals surface area contributed by atoms with Crippen molar-refractivity contribution in [3.8, 4) is 11.5 Å². The van der Waals surface area contributed by atoms with Crippen molar-refractivity contribution in [2.75, 3.05) is 26.0 Å². The molecule has 224 valence electrons. The molecule has 2 aromatic carbocycles. The Bertz CT molecular complexity index is 1360. The van der Waals surface area contributed by atoms with Gasteiger partial charge in [-0.25, -0.2) is 14.0 Å². The topological polar surface area (TPSA) is 82.1 Å². The summed E-state index contributed by atoms with van der Waals surface area (Å²) in [4.78, 5) is 41.9. The Balaban J connectivity index is 1.54. The minimum atomic E-state index is -1.29. The first-order valence-corrected chi connectivity index (χ1v) is 15.4. The molecule has 0 saturated carbocycles. The number of benzene rings is 2. The third kappa shape index (κ3) is 7.43. The van der Waals surface area contributed by atoms with Crippen molar-refractivity contribution in [2.24, 2.45) is 23.7 Å². The van der Waals surface area contributed by atoms with E-state index in [1.807, 2.05) is 31.4 Å². The van der Waals surface area contributed by atoms with Crippen LogP contribution in [0.15, 0.2) is 71.7 Å². The molecule has 1 amide bonds. The van der Waals surface area contributed by atoms with Crippen LogP contribution in [0.5, 0.6) is 11.5 Å². The normalized spacial score (nSPS) is 22.0. The van der Waals surface area contributed by atoms with Gasteiger partial charge in [0.25, 0.3) is 0 Å². The lowest BCUT2D eigenvalue weighted by atomic mass is 9.77. The van der Waals surface area contributed by atoms with Gasteiger partial charge in [0.05, 0.1) is 6.61 Å². The van der Waals surface area contributed by atoms with Crippen LogP contribution in [-0.2, 0) is 20.7 Å². The Morgan fingerprint density at radius 2 is 1.81 bits per heavy atom. The quantitative estimate of drug-likeness (QED) is 0.291. The number of para-hydroxylation sites is 1. The summed E-state index contributed by atoms with van der Waals surface area (Å²) in [6, 6.07) is 13.2. The Morgan fingerprint density at radius 1 is 1.07 bits per heavy atom. The van der Waals surface area contributed by atoms with Crippen molar-refractivity contribution in [1.82, 2.24) is 4.90 Å². The number of nitrogens with zero attached hydrogens (tertiary/aromatic N) is 1. The SMILES string of the molecule is CCOC(=O)C(C)(C)Oc1ccc(C[C@H]2CN(C(=O)Oc3ccccc3)CC2C(=O)C2C=CC(SC)=CC2C)c(F)c1. The highest BCUT2D eigenvalue weighted by molar-refractivity contribution is 8.02. The molecule has 2 aromatic rings. The van der Waals surface area contributed by atoms with Crippen LogP contribution in [0.2, 0.25) is 0 Å². The van der Waals surface area contributed by atoms with Gasteiger partial charge in [0.1, 0.15) is 23.1 Å². The first-order chi connectivity index (χ1) is 20.0. The van der Waals surface area contributed by atoms with Crippen LogP contribution in [0.1, 0.15) is 33.3 Å². The Hall–Kier alpha value is -3.59. The van der Waals surface area contributed by atoms with Crippen molar-refractivity contribution < 1.29 is 33.0 Å². The first-order valence-electron chi connectivity index (χ1n) is 14.2. The minimum Gasteiger partial charge on any atom is -0.476 e. The highest BCUT2D eigenvalue weighted by atomic mass is 32.2. The zero-order chi connectivity index (χ0) is 30.4. The van der Waals surface area contributed by atoms with Gasteiger partial charge in [-0.1, -0.05) is 49.4 Å². The van der Waals surface area contributed by atoms with E-state index in [1.54, 1.807) is 68.9 Å². The van der Waals surface area contributed by atoms with Gasteiger partial charge in [-0.3, -0.25) is 4.79 Å². The summed E-state index contributed by atoms with van der Waals surface area (Å²) in [5.74, 6) is -1.55. The maximum absolute atomic E-state index is 15.4. The minimum absolute atomic E-state index is 0.00633. The van der Waals surface area contributed by atoms with E-state index in [4.69, 9.17) is 14.2 Å². The molecule has 0 N–H and O–H groups in total. The van der Waals surface area contributed by atoms with Crippen LogP contribution in [-0.4, -0.2) is 54.3 Å². The molecular weight excluding hydrogens is 557 g/mol. The second-order valence-electron chi connectivity index (χ2n) is 11.2. The van der Waals surface area contributed by atoms with Crippen molar-refractivity contribution >= 4 is 29.6 Å². The lowest BCUT2D eigenvalue weighted by molar-refractivity contribution is -0.158. The van der Waals surface area contributed by atoms with E-state index < -0.39 is 29.4 Å². The molecule has 2 aliphatic rings. The number of allylic oxidation sites excluding steroid dienone is 3. The number of hydrogen-bond donors (Lipinski definition) is 0. The molecule has 0 radical (unpaired) electrons. The molecule has 1 saturated heterocycles. The second-order valence-corrected chi connectivity index (χ2v) is 12.0. The fourth-order valence-corrected chi connectivity index (χ4v) is 5.98. The van der Waals surface area contributed by atoms with Crippen LogP contribution in [0, 0.1) is 29.5 Å². The number of halogens is 1. The monoisotopic (exact) mass is 595 g/mol. The Morgan fingerprint density at radius 3 is 2.45 bits per heavy atom.